The van der Waals surface area contributed by atoms with Crippen LogP contribution in [0.3, 0.4) is 0 Å². The largest absolute Gasteiger partial charge is 0.354 e. The lowest BCUT2D eigenvalue weighted by Gasteiger charge is -2.32. The van der Waals surface area contributed by atoms with E-state index in [0.29, 0.717) is 17.4 Å². The van der Waals surface area contributed by atoms with Crippen LogP contribution in [-0.2, 0) is 4.79 Å². The molecule has 5 nitrogen and oxygen atoms in total. The van der Waals surface area contributed by atoms with E-state index in [1.807, 2.05) is 17.9 Å². The summed E-state index contributed by atoms with van der Waals surface area (Å²) in [7, 11) is 0. The summed E-state index contributed by atoms with van der Waals surface area (Å²) < 4.78 is 13.9. The SMILES string of the molecule is Cc1cnc(NCC2CCN(C(=O)C3CC3c3ccccc3F)CC2)nc1. The number of amides is 1. The molecule has 1 amide bonds. The lowest BCUT2D eigenvalue weighted by atomic mass is 9.96. The first-order chi connectivity index (χ1) is 13.1. The Bertz CT molecular complexity index is 802. The minimum Gasteiger partial charge on any atom is -0.354 e. The van der Waals surface area contributed by atoms with E-state index in [-0.39, 0.29) is 23.6 Å². The average molecular weight is 368 g/mol. The van der Waals surface area contributed by atoms with E-state index >= 15 is 0 Å². The van der Waals surface area contributed by atoms with Crippen LogP contribution in [0.1, 0.15) is 36.3 Å². The number of aromatic nitrogens is 2. The Hall–Kier alpha value is -2.50. The Balaban J connectivity index is 1.24. The van der Waals surface area contributed by atoms with Gasteiger partial charge in [-0.1, -0.05) is 18.2 Å². The van der Waals surface area contributed by atoms with Crippen molar-refractivity contribution in [2.24, 2.45) is 11.8 Å². The molecule has 2 aliphatic rings. The lowest BCUT2D eigenvalue weighted by Crippen LogP contribution is -2.40. The number of piperidine rings is 1. The van der Waals surface area contributed by atoms with Gasteiger partial charge in [0.1, 0.15) is 5.82 Å². The van der Waals surface area contributed by atoms with Crippen LogP contribution >= 0.6 is 0 Å². The van der Waals surface area contributed by atoms with E-state index < -0.39 is 0 Å². The molecule has 2 atom stereocenters. The Morgan fingerprint density at radius 1 is 1.22 bits per heavy atom. The fourth-order valence-corrected chi connectivity index (χ4v) is 3.90. The third-order valence-corrected chi connectivity index (χ3v) is 5.67. The molecule has 1 saturated heterocycles. The van der Waals surface area contributed by atoms with E-state index in [0.717, 1.165) is 44.5 Å². The van der Waals surface area contributed by atoms with Gasteiger partial charge in [-0.05, 0) is 55.2 Å². The van der Waals surface area contributed by atoms with E-state index in [2.05, 4.69) is 15.3 Å². The molecule has 27 heavy (non-hydrogen) atoms. The first kappa shape index (κ1) is 17.9. The van der Waals surface area contributed by atoms with Crippen LogP contribution in [0.4, 0.5) is 10.3 Å². The first-order valence-corrected chi connectivity index (χ1v) is 9.67. The highest BCUT2D eigenvalue weighted by atomic mass is 19.1. The zero-order valence-corrected chi connectivity index (χ0v) is 15.6. The number of likely N-dealkylation sites (tertiary alicyclic amines) is 1. The van der Waals surface area contributed by atoms with Gasteiger partial charge in [0.25, 0.3) is 0 Å². The molecule has 1 saturated carbocycles. The monoisotopic (exact) mass is 368 g/mol. The second kappa shape index (κ2) is 7.62. The molecule has 6 heteroatoms. The van der Waals surface area contributed by atoms with Crippen LogP contribution in [0, 0.1) is 24.6 Å². The van der Waals surface area contributed by atoms with Gasteiger partial charge in [-0.25, -0.2) is 14.4 Å². The van der Waals surface area contributed by atoms with Crippen LogP contribution in [0.15, 0.2) is 36.7 Å². The van der Waals surface area contributed by atoms with E-state index in [1.165, 1.54) is 6.07 Å². The van der Waals surface area contributed by atoms with Crippen molar-refractivity contribution < 1.29 is 9.18 Å². The van der Waals surface area contributed by atoms with Gasteiger partial charge < -0.3 is 10.2 Å². The highest BCUT2D eigenvalue weighted by Gasteiger charge is 2.47. The second-order valence-electron chi connectivity index (χ2n) is 7.70. The molecule has 0 radical (unpaired) electrons. The van der Waals surface area contributed by atoms with Gasteiger partial charge in [-0.15, -0.1) is 0 Å². The van der Waals surface area contributed by atoms with Gasteiger partial charge in [-0.3, -0.25) is 4.79 Å². The van der Waals surface area contributed by atoms with Gasteiger partial charge in [0.15, 0.2) is 0 Å². The molecule has 0 spiro atoms. The maximum atomic E-state index is 13.9. The average Bonchev–Trinajstić information content (AvgIpc) is 3.48. The Morgan fingerprint density at radius 3 is 2.63 bits per heavy atom. The number of hydrogen-bond acceptors (Lipinski definition) is 4. The second-order valence-corrected chi connectivity index (χ2v) is 7.70. The van der Waals surface area contributed by atoms with Crippen molar-refractivity contribution in [3.05, 3.63) is 53.6 Å². The Labute approximate surface area is 159 Å². The number of aryl methyl sites for hydroxylation is 1. The quantitative estimate of drug-likeness (QED) is 0.879. The Kier molecular flexibility index (Phi) is 5.05. The summed E-state index contributed by atoms with van der Waals surface area (Å²) in [5.74, 6) is 1.18. The topological polar surface area (TPSA) is 58.1 Å². The molecule has 2 aromatic rings. The summed E-state index contributed by atoms with van der Waals surface area (Å²) in [6, 6.07) is 6.82. The molecule has 0 bridgehead atoms. The molecule has 1 aromatic carbocycles. The highest BCUT2D eigenvalue weighted by molar-refractivity contribution is 5.83. The zero-order chi connectivity index (χ0) is 18.8. The zero-order valence-electron chi connectivity index (χ0n) is 15.6. The molecule has 1 aliphatic carbocycles. The van der Waals surface area contributed by atoms with Crippen molar-refractivity contribution in [1.82, 2.24) is 14.9 Å². The lowest BCUT2D eigenvalue weighted by molar-refractivity contribution is -0.134. The summed E-state index contributed by atoms with van der Waals surface area (Å²) >= 11 is 0. The van der Waals surface area contributed by atoms with E-state index in [1.54, 1.807) is 24.5 Å². The van der Waals surface area contributed by atoms with Crippen LogP contribution in [0.5, 0.6) is 0 Å². The molecule has 1 aliphatic heterocycles. The van der Waals surface area contributed by atoms with Crippen molar-refractivity contribution >= 4 is 11.9 Å². The first-order valence-electron chi connectivity index (χ1n) is 9.67. The molecule has 4 rings (SSSR count). The summed E-state index contributed by atoms with van der Waals surface area (Å²) in [4.78, 5) is 23.2. The smallest absolute Gasteiger partial charge is 0.226 e. The van der Waals surface area contributed by atoms with Gasteiger partial charge >= 0.3 is 0 Å². The molecule has 2 heterocycles. The van der Waals surface area contributed by atoms with Gasteiger partial charge in [0.05, 0.1) is 0 Å². The van der Waals surface area contributed by atoms with Crippen LogP contribution in [-0.4, -0.2) is 40.4 Å². The fourth-order valence-electron chi connectivity index (χ4n) is 3.90. The number of hydrogen-bond donors (Lipinski definition) is 1. The maximum absolute atomic E-state index is 13.9. The molecule has 2 fully saturated rings. The highest BCUT2D eigenvalue weighted by Crippen LogP contribution is 2.49. The van der Waals surface area contributed by atoms with Gasteiger partial charge in [-0.2, -0.15) is 0 Å². The molecule has 142 valence electrons. The molecule has 1 N–H and O–H groups in total. The predicted octanol–water partition coefficient (Wildman–Crippen LogP) is 3.38. The van der Waals surface area contributed by atoms with Gasteiger partial charge in [0, 0.05) is 37.9 Å². The number of benzene rings is 1. The third-order valence-electron chi connectivity index (χ3n) is 5.67. The molecule has 1 aromatic heterocycles. The summed E-state index contributed by atoms with van der Waals surface area (Å²) in [6.07, 6.45) is 6.33. The number of nitrogens with one attached hydrogen (secondary N) is 1. The fraction of sp³-hybridized carbons (Fsp3) is 0.476. The standard InChI is InChI=1S/C21H25FN4O/c1-14-11-23-21(24-12-14)25-13-15-6-8-26(9-7-15)20(27)18-10-17(18)16-4-2-3-5-19(16)22/h2-5,11-12,15,17-18H,6-10,13H2,1H3,(H,23,24,25). The van der Waals surface area contributed by atoms with Crippen molar-refractivity contribution in [3.8, 4) is 0 Å². The van der Waals surface area contributed by atoms with E-state index in [9.17, 15) is 9.18 Å². The number of anilines is 1. The van der Waals surface area contributed by atoms with Crippen molar-refractivity contribution in [3.63, 3.8) is 0 Å². The van der Waals surface area contributed by atoms with Crippen molar-refractivity contribution in [2.75, 3.05) is 25.0 Å². The van der Waals surface area contributed by atoms with Crippen LogP contribution in [0.25, 0.3) is 0 Å². The molecular formula is C21H25FN4O. The number of rotatable bonds is 5. The summed E-state index contributed by atoms with van der Waals surface area (Å²) in [5, 5.41) is 3.29. The van der Waals surface area contributed by atoms with E-state index in [4.69, 9.17) is 0 Å². The number of nitrogens with zero attached hydrogens (tertiary/aromatic N) is 3. The normalized spacial score (nSPS) is 22.5. The van der Waals surface area contributed by atoms with Gasteiger partial charge in [0.2, 0.25) is 11.9 Å². The summed E-state index contributed by atoms with van der Waals surface area (Å²) in [6.45, 7) is 4.35. The van der Waals surface area contributed by atoms with Crippen molar-refractivity contribution in [1.29, 1.82) is 0 Å². The minimum atomic E-state index is -0.194. The predicted molar refractivity (Wildman–Crippen MR) is 102 cm³/mol. The molecule has 2 unspecified atom stereocenters. The van der Waals surface area contributed by atoms with Crippen molar-refractivity contribution in [2.45, 2.75) is 32.1 Å². The number of carbonyl (C=O) groups excluding carboxylic acids is 1. The van der Waals surface area contributed by atoms with Crippen LogP contribution in [0.2, 0.25) is 0 Å². The molecular weight excluding hydrogens is 343 g/mol. The number of halogens is 1. The Morgan fingerprint density at radius 2 is 1.93 bits per heavy atom. The maximum Gasteiger partial charge on any atom is 0.226 e. The van der Waals surface area contributed by atoms with Crippen LogP contribution < -0.4 is 5.32 Å². The number of carbonyl (C=O) groups is 1. The third kappa shape index (κ3) is 4.10. The summed E-state index contributed by atoms with van der Waals surface area (Å²) in [5.41, 5.74) is 1.73. The minimum absolute atomic E-state index is 0.0440.